The van der Waals surface area contributed by atoms with E-state index in [1.807, 2.05) is 25.3 Å². The monoisotopic (exact) mass is 244 g/mol. The van der Waals surface area contributed by atoms with E-state index >= 15 is 0 Å². The molecule has 17 heavy (non-hydrogen) atoms. The van der Waals surface area contributed by atoms with Crippen molar-refractivity contribution in [2.75, 3.05) is 5.32 Å². The van der Waals surface area contributed by atoms with E-state index in [4.69, 9.17) is 5.26 Å². The Kier molecular flexibility index (Phi) is 3.35. The molecule has 1 unspecified atom stereocenters. The molecule has 2 heterocycles. The Morgan fingerprint density at radius 3 is 2.94 bits per heavy atom. The number of aryl methyl sites for hydroxylation is 1. The zero-order valence-electron chi connectivity index (χ0n) is 9.64. The van der Waals surface area contributed by atoms with Crippen LogP contribution >= 0.6 is 11.3 Å². The first-order valence-electron chi connectivity index (χ1n) is 5.24. The lowest BCUT2D eigenvalue weighted by molar-refractivity contribution is 0.858. The van der Waals surface area contributed by atoms with Crippen LogP contribution in [0.1, 0.15) is 29.2 Å². The van der Waals surface area contributed by atoms with Gasteiger partial charge >= 0.3 is 0 Å². The molecule has 86 valence electrons. The summed E-state index contributed by atoms with van der Waals surface area (Å²) < 4.78 is 0. The molecule has 0 saturated carbocycles. The number of nitriles is 1. The van der Waals surface area contributed by atoms with Gasteiger partial charge in [0.15, 0.2) is 0 Å². The molecular weight excluding hydrogens is 232 g/mol. The first-order chi connectivity index (χ1) is 8.20. The Labute approximate surface area is 104 Å². The summed E-state index contributed by atoms with van der Waals surface area (Å²) in [5, 5.41) is 15.1. The van der Waals surface area contributed by atoms with E-state index in [0.29, 0.717) is 11.4 Å². The average Bonchev–Trinajstić information content (AvgIpc) is 2.83. The van der Waals surface area contributed by atoms with Crippen molar-refractivity contribution in [1.29, 1.82) is 5.26 Å². The van der Waals surface area contributed by atoms with Gasteiger partial charge in [-0.3, -0.25) is 0 Å². The second-order valence-corrected chi connectivity index (χ2v) is 4.62. The standard InChI is InChI=1S/C12H12N4S/c1-8-3-4-10(7-13)11(15-8)16-9(2)12-14-5-6-17-12/h3-6,9H,1-2H3,(H,15,16). The Bertz CT molecular complexity index is 542. The normalized spacial score (nSPS) is 11.8. The highest BCUT2D eigenvalue weighted by atomic mass is 32.1. The number of rotatable bonds is 3. The Morgan fingerprint density at radius 1 is 1.47 bits per heavy atom. The summed E-state index contributed by atoms with van der Waals surface area (Å²) >= 11 is 1.58. The van der Waals surface area contributed by atoms with E-state index in [2.05, 4.69) is 21.4 Å². The van der Waals surface area contributed by atoms with Gasteiger partial charge in [-0.1, -0.05) is 0 Å². The first kappa shape index (κ1) is 11.6. The van der Waals surface area contributed by atoms with Crippen molar-refractivity contribution in [2.24, 2.45) is 0 Å². The number of nitrogens with zero attached hydrogens (tertiary/aromatic N) is 3. The van der Waals surface area contributed by atoms with Crippen LogP contribution in [0.15, 0.2) is 23.7 Å². The van der Waals surface area contributed by atoms with E-state index in [9.17, 15) is 0 Å². The lowest BCUT2D eigenvalue weighted by Crippen LogP contribution is -2.09. The maximum absolute atomic E-state index is 9.01. The van der Waals surface area contributed by atoms with E-state index in [0.717, 1.165) is 10.7 Å². The summed E-state index contributed by atoms with van der Waals surface area (Å²) in [7, 11) is 0. The minimum absolute atomic E-state index is 0.0522. The Morgan fingerprint density at radius 2 is 2.29 bits per heavy atom. The predicted molar refractivity (Wildman–Crippen MR) is 67.8 cm³/mol. The van der Waals surface area contributed by atoms with Gasteiger partial charge in [-0.2, -0.15) is 5.26 Å². The van der Waals surface area contributed by atoms with Gasteiger partial charge in [0.1, 0.15) is 16.9 Å². The van der Waals surface area contributed by atoms with Gasteiger partial charge < -0.3 is 5.32 Å². The number of hydrogen-bond acceptors (Lipinski definition) is 5. The zero-order valence-corrected chi connectivity index (χ0v) is 10.5. The molecule has 4 nitrogen and oxygen atoms in total. The van der Waals surface area contributed by atoms with Crippen LogP contribution in [0.3, 0.4) is 0 Å². The van der Waals surface area contributed by atoms with Crippen LogP contribution < -0.4 is 5.32 Å². The molecule has 0 aromatic carbocycles. The van der Waals surface area contributed by atoms with E-state index < -0.39 is 0 Å². The van der Waals surface area contributed by atoms with Crippen LogP contribution in [0, 0.1) is 18.3 Å². The van der Waals surface area contributed by atoms with Crippen LogP contribution in [0.5, 0.6) is 0 Å². The molecule has 0 fully saturated rings. The first-order valence-corrected chi connectivity index (χ1v) is 6.12. The van der Waals surface area contributed by atoms with E-state index in [-0.39, 0.29) is 6.04 Å². The maximum atomic E-state index is 9.01. The molecule has 0 bridgehead atoms. The van der Waals surface area contributed by atoms with Crippen molar-refractivity contribution in [3.05, 3.63) is 40.0 Å². The van der Waals surface area contributed by atoms with Crippen molar-refractivity contribution in [3.63, 3.8) is 0 Å². The van der Waals surface area contributed by atoms with Gasteiger partial charge in [-0.05, 0) is 26.0 Å². The molecule has 0 spiro atoms. The molecule has 0 saturated heterocycles. The van der Waals surface area contributed by atoms with Crippen molar-refractivity contribution in [2.45, 2.75) is 19.9 Å². The third-order valence-corrected chi connectivity index (χ3v) is 3.29. The van der Waals surface area contributed by atoms with Crippen molar-refractivity contribution < 1.29 is 0 Å². The molecule has 2 aromatic rings. The van der Waals surface area contributed by atoms with Crippen molar-refractivity contribution in [1.82, 2.24) is 9.97 Å². The number of aromatic nitrogens is 2. The fourth-order valence-electron chi connectivity index (χ4n) is 1.47. The smallest absolute Gasteiger partial charge is 0.144 e. The van der Waals surface area contributed by atoms with Crippen LogP contribution in [0.2, 0.25) is 0 Å². The molecule has 5 heteroatoms. The zero-order chi connectivity index (χ0) is 12.3. The molecule has 0 radical (unpaired) electrons. The highest BCUT2D eigenvalue weighted by Crippen LogP contribution is 2.21. The van der Waals surface area contributed by atoms with Gasteiger partial charge in [0.05, 0.1) is 11.6 Å². The second kappa shape index (κ2) is 4.93. The summed E-state index contributed by atoms with van der Waals surface area (Å²) in [6, 6.07) is 5.79. The van der Waals surface area contributed by atoms with Crippen molar-refractivity contribution >= 4 is 17.2 Å². The highest BCUT2D eigenvalue weighted by molar-refractivity contribution is 7.09. The highest BCUT2D eigenvalue weighted by Gasteiger charge is 2.11. The maximum Gasteiger partial charge on any atom is 0.144 e. The fourth-order valence-corrected chi connectivity index (χ4v) is 2.12. The summed E-state index contributed by atoms with van der Waals surface area (Å²) in [6.45, 7) is 3.91. The lowest BCUT2D eigenvalue weighted by atomic mass is 10.2. The number of anilines is 1. The summed E-state index contributed by atoms with van der Waals surface area (Å²) in [5.41, 5.74) is 1.44. The van der Waals surface area contributed by atoms with E-state index in [1.165, 1.54) is 0 Å². The SMILES string of the molecule is Cc1ccc(C#N)c(NC(C)c2nccs2)n1. The molecule has 2 rings (SSSR count). The third-order valence-electron chi connectivity index (χ3n) is 2.33. The summed E-state index contributed by atoms with van der Waals surface area (Å²) in [4.78, 5) is 8.57. The summed E-state index contributed by atoms with van der Waals surface area (Å²) in [5.74, 6) is 0.621. The van der Waals surface area contributed by atoms with Gasteiger partial charge in [0.25, 0.3) is 0 Å². The number of pyridine rings is 1. The number of thiazole rings is 1. The third kappa shape index (κ3) is 2.60. The van der Waals surface area contributed by atoms with Crippen LogP contribution in [-0.2, 0) is 0 Å². The lowest BCUT2D eigenvalue weighted by Gasteiger charge is -2.13. The number of hydrogen-bond donors (Lipinski definition) is 1. The van der Waals surface area contributed by atoms with Gasteiger partial charge in [0, 0.05) is 17.3 Å². The topological polar surface area (TPSA) is 61.6 Å². The molecule has 2 aromatic heterocycles. The molecule has 1 atom stereocenters. The van der Waals surface area contributed by atoms with Crippen molar-refractivity contribution in [3.8, 4) is 6.07 Å². The molecule has 0 aliphatic heterocycles. The Balaban J connectivity index is 2.24. The van der Waals surface area contributed by atoms with Crippen LogP contribution in [0.25, 0.3) is 0 Å². The second-order valence-electron chi connectivity index (χ2n) is 3.70. The van der Waals surface area contributed by atoms with E-state index in [1.54, 1.807) is 23.6 Å². The molecule has 0 amide bonds. The molecule has 1 N–H and O–H groups in total. The largest absolute Gasteiger partial charge is 0.360 e. The quantitative estimate of drug-likeness (QED) is 0.901. The number of nitrogens with one attached hydrogen (secondary N) is 1. The minimum Gasteiger partial charge on any atom is -0.360 e. The Hall–Kier alpha value is -1.93. The summed E-state index contributed by atoms with van der Waals surface area (Å²) in [6.07, 6.45) is 1.77. The average molecular weight is 244 g/mol. The minimum atomic E-state index is 0.0522. The van der Waals surface area contributed by atoms with Gasteiger partial charge in [-0.15, -0.1) is 11.3 Å². The predicted octanol–water partition coefficient (Wildman–Crippen LogP) is 2.89. The van der Waals surface area contributed by atoms with Crippen LogP contribution in [-0.4, -0.2) is 9.97 Å². The van der Waals surface area contributed by atoms with Gasteiger partial charge in [-0.25, -0.2) is 9.97 Å². The molecule has 0 aliphatic rings. The molecular formula is C12H12N4S. The van der Waals surface area contributed by atoms with Crippen LogP contribution in [0.4, 0.5) is 5.82 Å². The van der Waals surface area contributed by atoms with Gasteiger partial charge in [0.2, 0.25) is 0 Å². The molecule has 0 aliphatic carbocycles. The fraction of sp³-hybridized carbons (Fsp3) is 0.250.